The lowest BCUT2D eigenvalue weighted by Crippen LogP contribution is -2.54. The summed E-state index contributed by atoms with van der Waals surface area (Å²) in [5.41, 5.74) is 2.25. The number of carbonyl (C=O) groups excluding carboxylic acids is 1. The molecule has 7 heteroatoms. The molecule has 5 nitrogen and oxygen atoms in total. The fourth-order valence-electron chi connectivity index (χ4n) is 4.49. The fourth-order valence-corrected chi connectivity index (χ4v) is 4.75. The summed E-state index contributed by atoms with van der Waals surface area (Å²) in [5.74, 6) is -0.390. The zero-order chi connectivity index (χ0) is 22.7. The maximum atomic E-state index is 14.0. The van der Waals surface area contributed by atoms with Crippen molar-refractivity contribution in [3.05, 3.63) is 52.3 Å². The molecule has 1 N–H and O–H groups in total. The second kappa shape index (κ2) is 9.87. The molecule has 2 aromatic rings. The molecular formula is C25H30ClFN2O3. The summed E-state index contributed by atoms with van der Waals surface area (Å²) in [6.07, 6.45) is 6.16. The lowest BCUT2D eigenvalue weighted by molar-refractivity contribution is -0.231. The first-order chi connectivity index (χ1) is 15.5. The Balaban J connectivity index is 0.000000775. The van der Waals surface area contributed by atoms with E-state index < -0.39 is 11.6 Å². The second-order valence-electron chi connectivity index (χ2n) is 8.72. The molecule has 0 atom stereocenters. The van der Waals surface area contributed by atoms with E-state index in [-0.39, 0.29) is 5.56 Å². The number of hydrogen-bond acceptors (Lipinski definition) is 5. The summed E-state index contributed by atoms with van der Waals surface area (Å²) in [6, 6.07) is 8.93. The lowest BCUT2D eigenvalue weighted by atomic mass is 9.89. The van der Waals surface area contributed by atoms with Gasteiger partial charge in [-0.15, -0.1) is 0 Å². The molecule has 1 saturated heterocycles. The number of hydrogen-bond donors (Lipinski definition) is 1. The van der Waals surface area contributed by atoms with Crippen molar-refractivity contribution in [3.63, 3.8) is 0 Å². The van der Waals surface area contributed by atoms with Crippen LogP contribution in [0.4, 0.5) is 4.39 Å². The van der Waals surface area contributed by atoms with E-state index in [2.05, 4.69) is 10.2 Å². The van der Waals surface area contributed by atoms with Gasteiger partial charge in [0.05, 0.1) is 17.2 Å². The number of carbonyl (C=O) groups is 1. The Morgan fingerprint density at radius 3 is 2.50 bits per heavy atom. The molecule has 0 unspecified atom stereocenters. The van der Waals surface area contributed by atoms with E-state index in [9.17, 15) is 9.18 Å². The Bertz CT molecular complexity index is 972. The number of halogens is 2. The van der Waals surface area contributed by atoms with E-state index >= 15 is 0 Å². The minimum atomic E-state index is -0.574. The molecule has 0 amide bonds. The minimum Gasteiger partial charge on any atom is -0.462 e. The highest BCUT2D eigenvalue weighted by Gasteiger charge is 2.43. The quantitative estimate of drug-likeness (QED) is 0.650. The number of ether oxygens (including phenoxy) is 2. The summed E-state index contributed by atoms with van der Waals surface area (Å²) < 4.78 is 26.5. The number of nitrogens with zero attached hydrogens (tertiary/aromatic N) is 1. The topological polar surface area (TPSA) is 50.8 Å². The zero-order valence-electron chi connectivity index (χ0n) is 18.6. The van der Waals surface area contributed by atoms with Crippen molar-refractivity contribution in [2.75, 3.05) is 27.2 Å². The van der Waals surface area contributed by atoms with Gasteiger partial charge in [0.1, 0.15) is 11.6 Å². The summed E-state index contributed by atoms with van der Waals surface area (Å²) in [5, 5.41) is 3.24. The molecule has 5 rings (SSSR count). The number of fused-ring (bicyclic) bond motifs is 1. The van der Waals surface area contributed by atoms with Crippen LogP contribution in [0, 0.1) is 5.82 Å². The van der Waals surface area contributed by atoms with Crippen molar-refractivity contribution < 1.29 is 18.7 Å². The summed E-state index contributed by atoms with van der Waals surface area (Å²) in [7, 11) is 3.75. The Hall–Kier alpha value is -1.99. The highest BCUT2D eigenvalue weighted by Crippen LogP contribution is 2.43. The van der Waals surface area contributed by atoms with Gasteiger partial charge in [-0.25, -0.2) is 4.39 Å². The molecule has 172 valence electrons. The van der Waals surface area contributed by atoms with Gasteiger partial charge < -0.3 is 14.8 Å². The largest absolute Gasteiger partial charge is 0.462 e. The van der Waals surface area contributed by atoms with Crippen molar-refractivity contribution in [2.24, 2.45) is 0 Å². The number of aldehydes is 1. The van der Waals surface area contributed by atoms with Gasteiger partial charge in [0.15, 0.2) is 6.29 Å². The standard InChI is InChI=1S/C23H23ClFNO3.C2H7N/c24-20-12-22-17(10-19(20)15-4-5-16(13-27)21(25)11-15)14-28-23(29-22)6-8-26(9-7-23)18-2-1-3-18;1-3-2/h4-5,10-13,18H,1-3,6-9,14H2;3H,1-2H3. The van der Waals surface area contributed by atoms with Gasteiger partial charge >= 0.3 is 0 Å². The SMILES string of the molecule is CNC.O=Cc1ccc(-c2cc3c(cc2Cl)OC2(CCN(C4CCC4)CC2)OC3)cc1F. The van der Waals surface area contributed by atoms with Crippen molar-refractivity contribution in [3.8, 4) is 16.9 Å². The van der Waals surface area contributed by atoms with E-state index in [0.717, 1.165) is 43.3 Å². The Labute approximate surface area is 193 Å². The van der Waals surface area contributed by atoms with E-state index in [4.69, 9.17) is 21.1 Å². The van der Waals surface area contributed by atoms with Crippen LogP contribution in [0.5, 0.6) is 5.75 Å². The normalized spacial score (nSPS) is 19.9. The first-order valence-electron chi connectivity index (χ1n) is 11.2. The third kappa shape index (κ3) is 4.69. The van der Waals surface area contributed by atoms with Crippen molar-refractivity contribution in [1.29, 1.82) is 0 Å². The first kappa shape index (κ1) is 23.2. The van der Waals surface area contributed by atoms with Gasteiger partial charge in [-0.2, -0.15) is 0 Å². The van der Waals surface area contributed by atoms with Crippen LogP contribution >= 0.6 is 11.6 Å². The Kier molecular flexibility index (Phi) is 7.15. The number of likely N-dealkylation sites (tertiary alicyclic amines) is 1. The fraction of sp³-hybridized carbons (Fsp3) is 0.480. The maximum absolute atomic E-state index is 14.0. The molecule has 0 aromatic heterocycles. The molecule has 3 aliphatic rings. The molecular weight excluding hydrogens is 431 g/mol. The average molecular weight is 461 g/mol. The summed E-state index contributed by atoms with van der Waals surface area (Å²) >= 11 is 6.52. The minimum absolute atomic E-state index is 0.0321. The van der Waals surface area contributed by atoms with E-state index in [1.807, 2.05) is 20.2 Å². The predicted molar refractivity (Wildman–Crippen MR) is 124 cm³/mol. The zero-order valence-corrected chi connectivity index (χ0v) is 19.4. The predicted octanol–water partition coefficient (Wildman–Crippen LogP) is 5.05. The van der Waals surface area contributed by atoms with Crippen LogP contribution < -0.4 is 10.1 Å². The third-order valence-corrected chi connectivity index (χ3v) is 6.84. The molecule has 2 fully saturated rings. The molecule has 2 aromatic carbocycles. The second-order valence-corrected chi connectivity index (χ2v) is 9.12. The van der Waals surface area contributed by atoms with Crippen LogP contribution in [-0.2, 0) is 11.3 Å². The molecule has 1 spiro atoms. The lowest BCUT2D eigenvalue weighted by Gasteiger charge is -2.47. The van der Waals surface area contributed by atoms with Crippen LogP contribution in [0.15, 0.2) is 30.3 Å². The third-order valence-electron chi connectivity index (χ3n) is 6.53. The van der Waals surface area contributed by atoms with Crippen LogP contribution in [0.1, 0.15) is 48.0 Å². The monoisotopic (exact) mass is 460 g/mol. The molecule has 0 bridgehead atoms. The van der Waals surface area contributed by atoms with Gasteiger partial charge in [0.2, 0.25) is 5.79 Å². The highest BCUT2D eigenvalue weighted by atomic mass is 35.5. The van der Waals surface area contributed by atoms with Gasteiger partial charge in [-0.05, 0) is 56.8 Å². The first-order valence-corrected chi connectivity index (χ1v) is 11.6. The number of nitrogens with one attached hydrogen (secondary N) is 1. The summed E-state index contributed by atoms with van der Waals surface area (Å²) in [4.78, 5) is 13.4. The molecule has 2 heterocycles. The number of piperidine rings is 1. The molecule has 1 saturated carbocycles. The van der Waals surface area contributed by atoms with Crippen molar-refractivity contribution >= 4 is 17.9 Å². The van der Waals surface area contributed by atoms with E-state index in [0.29, 0.717) is 29.0 Å². The molecule has 2 aliphatic heterocycles. The van der Waals surface area contributed by atoms with Gasteiger partial charge in [-0.3, -0.25) is 9.69 Å². The Morgan fingerprint density at radius 1 is 1.19 bits per heavy atom. The van der Waals surface area contributed by atoms with E-state index in [1.165, 1.54) is 31.4 Å². The smallest absolute Gasteiger partial charge is 0.213 e. The van der Waals surface area contributed by atoms with Gasteiger partial charge in [-0.1, -0.05) is 24.1 Å². The van der Waals surface area contributed by atoms with Gasteiger partial charge in [0.25, 0.3) is 0 Å². The summed E-state index contributed by atoms with van der Waals surface area (Å²) in [6.45, 7) is 2.43. The number of benzene rings is 2. The molecule has 32 heavy (non-hydrogen) atoms. The van der Waals surface area contributed by atoms with Crippen molar-refractivity contribution in [2.45, 2.75) is 50.5 Å². The number of rotatable bonds is 3. The van der Waals surface area contributed by atoms with Gasteiger partial charge in [0, 0.05) is 43.1 Å². The highest BCUT2D eigenvalue weighted by molar-refractivity contribution is 6.33. The van der Waals surface area contributed by atoms with Crippen molar-refractivity contribution in [1.82, 2.24) is 10.2 Å². The van der Waals surface area contributed by atoms with Crippen LogP contribution in [-0.4, -0.2) is 50.2 Å². The Morgan fingerprint density at radius 2 is 1.91 bits per heavy atom. The molecule has 0 radical (unpaired) electrons. The maximum Gasteiger partial charge on any atom is 0.213 e. The van der Waals surface area contributed by atoms with Crippen LogP contribution in [0.2, 0.25) is 5.02 Å². The van der Waals surface area contributed by atoms with Crippen LogP contribution in [0.3, 0.4) is 0 Å². The van der Waals surface area contributed by atoms with E-state index in [1.54, 1.807) is 12.1 Å². The average Bonchev–Trinajstić information content (AvgIpc) is 2.74. The molecule has 1 aliphatic carbocycles. The van der Waals surface area contributed by atoms with Crippen LogP contribution in [0.25, 0.3) is 11.1 Å².